The van der Waals surface area contributed by atoms with Gasteiger partial charge < -0.3 is 20.4 Å². The minimum absolute atomic E-state index is 0.165. The summed E-state index contributed by atoms with van der Waals surface area (Å²) in [6.45, 7) is 5.59. The van der Waals surface area contributed by atoms with Gasteiger partial charge in [0.25, 0.3) is 0 Å². The lowest BCUT2D eigenvalue weighted by Crippen LogP contribution is -2.43. The van der Waals surface area contributed by atoms with E-state index in [4.69, 9.17) is 10.5 Å². The Morgan fingerprint density at radius 3 is 2.62 bits per heavy atom. The zero-order chi connectivity index (χ0) is 20.2. The molecular formula is C21H34N6O2. The summed E-state index contributed by atoms with van der Waals surface area (Å²) < 4.78 is 7.36. The molecule has 29 heavy (non-hydrogen) atoms. The minimum atomic E-state index is -0.165. The number of anilines is 1. The van der Waals surface area contributed by atoms with Crippen molar-refractivity contribution in [3.8, 4) is 6.01 Å². The van der Waals surface area contributed by atoms with Crippen LogP contribution in [0.2, 0.25) is 0 Å². The van der Waals surface area contributed by atoms with Gasteiger partial charge in [0.1, 0.15) is 5.52 Å². The smallest absolute Gasteiger partial charge is 0.327 e. The molecule has 3 heterocycles. The maximum Gasteiger partial charge on any atom is 0.327 e. The summed E-state index contributed by atoms with van der Waals surface area (Å²) in [5.41, 5.74) is 6.96. The number of nitrogen functional groups attached to an aromatic ring is 1. The van der Waals surface area contributed by atoms with Crippen molar-refractivity contribution < 1.29 is 4.74 Å². The van der Waals surface area contributed by atoms with Crippen LogP contribution in [0.15, 0.2) is 4.79 Å². The number of aromatic amines is 1. The Bertz CT molecular complexity index is 862. The van der Waals surface area contributed by atoms with Gasteiger partial charge in [0.15, 0.2) is 11.5 Å². The van der Waals surface area contributed by atoms with Crippen molar-refractivity contribution in [3.63, 3.8) is 0 Å². The first-order valence-corrected chi connectivity index (χ1v) is 11.3. The second-order valence-corrected chi connectivity index (χ2v) is 8.60. The SMILES string of the molecule is CCCCOc1nc(N)c2[nH]c(=O)n(CC3CCN(C4CCCCC4)CC3)c2n1. The van der Waals surface area contributed by atoms with Gasteiger partial charge in [-0.3, -0.25) is 4.57 Å². The lowest BCUT2D eigenvalue weighted by molar-refractivity contribution is 0.102. The molecule has 2 aromatic heterocycles. The van der Waals surface area contributed by atoms with E-state index in [0.29, 0.717) is 30.2 Å². The Morgan fingerprint density at radius 2 is 1.90 bits per heavy atom. The standard InChI is InChI=1S/C21H34N6O2/c1-2-3-13-29-20-24-18(22)17-19(25-20)27(21(28)23-17)14-15-9-11-26(12-10-15)16-7-5-4-6-8-16/h15-16H,2-14H2,1H3,(H,23,28)(H2,22,24,25). The van der Waals surface area contributed by atoms with E-state index < -0.39 is 0 Å². The zero-order valence-corrected chi connectivity index (χ0v) is 17.5. The predicted octanol–water partition coefficient (Wildman–Crippen LogP) is 2.93. The molecule has 1 saturated heterocycles. The molecule has 0 radical (unpaired) electrons. The van der Waals surface area contributed by atoms with Crippen molar-refractivity contribution in [2.75, 3.05) is 25.4 Å². The molecule has 1 aliphatic carbocycles. The number of unbranched alkanes of at least 4 members (excludes halogenated alkanes) is 1. The average molecular weight is 403 g/mol. The van der Waals surface area contributed by atoms with Gasteiger partial charge in [0, 0.05) is 12.6 Å². The van der Waals surface area contributed by atoms with Crippen LogP contribution < -0.4 is 16.2 Å². The molecule has 0 spiro atoms. The first-order chi connectivity index (χ1) is 14.2. The summed E-state index contributed by atoms with van der Waals surface area (Å²) in [7, 11) is 0. The number of aromatic nitrogens is 4. The largest absolute Gasteiger partial charge is 0.463 e. The van der Waals surface area contributed by atoms with Crippen LogP contribution in [0.4, 0.5) is 5.82 Å². The van der Waals surface area contributed by atoms with E-state index in [9.17, 15) is 4.79 Å². The highest BCUT2D eigenvalue weighted by Crippen LogP contribution is 2.28. The van der Waals surface area contributed by atoms with E-state index in [2.05, 4.69) is 26.8 Å². The Labute approximate surface area is 171 Å². The summed E-state index contributed by atoms with van der Waals surface area (Å²) in [6, 6.07) is 1.03. The number of rotatable bonds is 7. The second-order valence-electron chi connectivity index (χ2n) is 8.60. The summed E-state index contributed by atoms with van der Waals surface area (Å²) in [6.07, 6.45) is 11.1. The van der Waals surface area contributed by atoms with Gasteiger partial charge in [-0.25, -0.2) is 4.79 Å². The fourth-order valence-electron chi connectivity index (χ4n) is 4.78. The van der Waals surface area contributed by atoms with Gasteiger partial charge in [-0.1, -0.05) is 32.6 Å². The molecule has 3 N–H and O–H groups in total. The summed E-state index contributed by atoms with van der Waals surface area (Å²) in [4.78, 5) is 26.8. The number of hydrogen-bond acceptors (Lipinski definition) is 6. The van der Waals surface area contributed by atoms with Gasteiger partial charge >= 0.3 is 11.7 Å². The highest BCUT2D eigenvalue weighted by molar-refractivity contribution is 5.81. The maximum atomic E-state index is 12.6. The van der Waals surface area contributed by atoms with Crippen LogP contribution in [0, 0.1) is 5.92 Å². The summed E-state index contributed by atoms with van der Waals surface area (Å²) >= 11 is 0. The Balaban J connectivity index is 1.45. The molecule has 2 aromatic rings. The molecule has 0 bridgehead atoms. The number of piperidine rings is 1. The number of fused-ring (bicyclic) bond motifs is 1. The monoisotopic (exact) mass is 402 g/mol. The lowest BCUT2D eigenvalue weighted by Gasteiger charge is -2.39. The second kappa shape index (κ2) is 9.15. The topological polar surface area (TPSA) is 102 Å². The number of imidazole rings is 1. The number of hydrogen-bond donors (Lipinski definition) is 2. The predicted molar refractivity (Wildman–Crippen MR) is 114 cm³/mol. The molecule has 0 aromatic carbocycles. The van der Waals surface area contributed by atoms with Crippen LogP contribution in [0.3, 0.4) is 0 Å². The zero-order valence-electron chi connectivity index (χ0n) is 17.5. The first kappa shape index (κ1) is 20.2. The Hall–Kier alpha value is -2.09. The third-order valence-electron chi connectivity index (χ3n) is 6.54. The number of likely N-dealkylation sites (tertiary alicyclic amines) is 1. The van der Waals surface area contributed by atoms with Crippen molar-refractivity contribution in [3.05, 3.63) is 10.5 Å². The highest BCUT2D eigenvalue weighted by Gasteiger charge is 2.27. The van der Waals surface area contributed by atoms with E-state index >= 15 is 0 Å². The third-order valence-corrected chi connectivity index (χ3v) is 6.54. The van der Waals surface area contributed by atoms with Crippen molar-refractivity contribution in [1.29, 1.82) is 0 Å². The van der Waals surface area contributed by atoms with E-state index in [1.165, 1.54) is 32.1 Å². The fraction of sp³-hybridized carbons (Fsp3) is 0.762. The maximum absolute atomic E-state index is 12.6. The minimum Gasteiger partial charge on any atom is -0.463 e. The van der Waals surface area contributed by atoms with Crippen LogP contribution in [0.5, 0.6) is 6.01 Å². The first-order valence-electron chi connectivity index (χ1n) is 11.3. The molecule has 1 aliphatic heterocycles. The number of H-pyrrole nitrogens is 1. The molecule has 2 aliphatic rings. The molecular weight excluding hydrogens is 368 g/mol. The number of nitrogens with two attached hydrogens (primary N) is 1. The normalized spacial score (nSPS) is 19.8. The Kier molecular flexibility index (Phi) is 6.37. The molecule has 4 rings (SSSR count). The summed E-state index contributed by atoms with van der Waals surface area (Å²) in [5.74, 6) is 0.747. The van der Waals surface area contributed by atoms with Crippen LogP contribution >= 0.6 is 0 Å². The molecule has 0 atom stereocenters. The summed E-state index contributed by atoms with van der Waals surface area (Å²) in [5, 5.41) is 0. The van der Waals surface area contributed by atoms with Gasteiger partial charge in [-0.15, -0.1) is 0 Å². The van der Waals surface area contributed by atoms with Crippen molar-refractivity contribution in [2.45, 2.75) is 77.3 Å². The van der Waals surface area contributed by atoms with Gasteiger partial charge in [-0.05, 0) is 51.1 Å². The van der Waals surface area contributed by atoms with E-state index in [1.807, 2.05) is 0 Å². The fourth-order valence-corrected chi connectivity index (χ4v) is 4.78. The van der Waals surface area contributed by atoms with Crippen LogP contribution in [-0.2, 0) is 6.54 Å². The quantitative estimate of drug-likeness (QED) is 0.691. The van der Waals surface area contributed by atoms with Crippen LogP contribution in [-0.4, -0.2) is 50.2 Å². The van der Waals surface area contributed by atoms with E-state index in [0.717, 1.165) is 44.8 Å². The molecule has 8 heteroatoms. The number of nitrogens with one attached hydrogen (secondary N) is 1. The number of nitrogens with zero attached hydrogens (tertiary/aromatic N) is 4. The van der Waals surface area contributed by atoms with E-state index in [1.54, 1.807) is 4.57 Å². The molecule has 0 unspecified atom stereocenters. The van der Waals surface area contributed by atoms with Crippen molar-refractivity contribution >= 4 is 17.0 Å². The van der Waals surface area contributed by atoms with Crippen LogP contribution in [0.1, 0.15) is 64.7 Å². The highest BCUT2D eigenvalue weighted by atomic mass is 16.5. The third kappa shape index (κ3) is 4.57. The molecule has 8 nitrogen and oxygen atoms in total. The Morgan fingerprint density at radius 1 is 1.14 bits per heavy atom. The van der Waals surface area contributed by atoms with Crippen molar-refractivity contribution in [1.82, 2.24) is 24.4 Å². The van der Waals surface area contributed by atoms with E-state index in [-0.39, 0.29) is 17.5 Å². The molecule has 160 valence electrons. The average Bonchev–Trinajstić information content (AvgIpc) is 3.05. The van der Waals surface area contributed by atoms with Gasteiger partial charge in [0.05, 0.1) is 6.61 Å². The lowest BCUT2D eigenvalue weighted by atomic mass is 9.90. The molecule has 2 fully saturated rings. The van der Waals surface area contributed by atoms with Crippen LogP contribution in [0.25, 0.3) is 11.2 Å². The molecule has 0 amide bonds. The van der Waals surface area contributed by atoms with Crippen molar-refractivity contribution in [2.24, 2.45) is 5.92 Å². The van der Waals surface area contributed by atoms with Gasteiger partial charge in [-0.2, -0.15) is 9.97 Å². The molecule has 1 saturated carbocycles. The van der Waals surface area contributed by atoms with Gasteiger partial charge in [0.2, 0.25) is 0 Å². The number of ether oxygens (including phenoxy) is 1.